The van der Waals surface area contributed by atoms with Gasteiger partial charge in [0.15, 0.2) is 11.5 Å². The molecule has 0 radical (unpaired) electrons. The molecule has 1 aromatic heterocycles. The third kappa shape index (κ3) is 4.19. The zero-order valence-electron chi connectivity index (χ0n) is 17.5. The standard InChI is InChI=1S/C23H21FN4O5/c24-15-2-3-17-16(8-15)14(10-26-17)5-6-25-21(29)9-18-22(30)28(23(31)27-18)11-13-1-4-19-20(7-13)33-12-32-19/h1-4,7-8,10,18,26H,5-6,9,11-12H2,(H,25,29)(H,27,31). The molecule has 170 valence electrons. The van der Waals surface area contributed by atoms with Crippen LogP contribution in [0.15, 0.2) is 42.6 Å². The van der Waals surface area contributed by atoms with Crippen molar-refractivity contribution in [1.29, 1.82) is 0 Å². The number of amides is 4. The second-order valence-corrected chi connectivity index (χ2v) is 7.92. The Morgan fingerprint density at radius 1 is 1.15 bits per heavy atom. The SMILES string of the molecule is O=C(CC1NC(=O)N(Cc2ccc3c(c2)OCO3)C1=O)NCCc1c[nH]c2ccc(F)cc12. The maximum Gasteiger partial charge on any atom is 0.325 e. The first-order valence-electron chi connectivity index (χ1n) is 10.5. The summed E-state index contributed by atoms with van der Waals surface area (Å²) in [5.41, 5.74) is 2.41. The zero-order valence-corrected chi connectivity index (χ0v) is 17.5. The number of ether oxygens (including phenoxy) is 2. The Hall–Kier alpha value is -4.08. The van der Waals surface area contributed by atoms with Gasteiger partial charge in [-0.05, 0) is 47.9 Å². The van der Waals surface area contributed by atoms with Crippen LogP contribution in [0.4, 0.5) is 9.18 Å². The van der Waals surface area contributed by atoms with Crippen molar-refractivity contribution in [2.24, 2.45) is 0 Å². The minimum Gasteiger partial charge on any atom is -0.454 e. The molecule has 33 heavy (non-hydrogen) atoms. The molecule has 2 aliphatic rings. The van der Waals surface area contributed by atoms with Gasteiger partial charge < -0.3 is 25.1 Å². The number of aromatic nitrogens is 1. The molecule has 3 heterocycles. The van der Waals surface area contributed by atoms with Gasteiger partial charge in [0.2, 0.25) is 12.7 Å². The fourth-order valence-corrected chi connectivity index (χ4v) is 4.04. The lowest BCUT2D eigenvalue weighted by Crippen LogP contribution is -2.37. The predicted octanol–water partition coefficient (Wildman–Crippen LogP) is 2.21. The summed E-state index contributed by atoms with van der Waals surface area (Å²) in [6.45, 7) is 0.519. The van der Waals surface area contributed by atoms with Gasteiger partial charge in [-0.1, -0.05) is 6.07 Å². The van der Waals surface area contributed by atoms with Crippen LogP contribution in [0.3, 0.4) is 0 Å². The number of hydrogen-bond acceptors (Lipinski definition) is 5. The highest BCUT2D eigenvalue weighted by atomic mass is 19.1. The van der Waals surface area contributed by atoms with Gasteiger partial charge in [-0.15, -0.1) is 0 Å². The van der Waals surface area contributed by atoms with E-state index in [2.05, 4.69) is 15.6 Å². The highest BCUT2D eigenvalue weighted by Gasteiger charge is 2.39. The van der Waals surface area contributed by atoms with Gasteiger partial charge in [-0.25, -0.2) is 9.18 Å². The number of fused-ring (bicyclic) bond motifs is 2. The Bertz CT molecular complexity index is 1260. The Morgan fingerprint density at radius 2 is 2.00 bits per heavy atom. The van der Waals surface area contributed by atoms with Gasteiger partial charge in [0.05, 0.1) is 13.0 Å². The molecule has 0 aliphatic carbocycles. The van der Waals surface area contributed by atoms with E-state index in [0.29, 0.717) is 30.0 Å². The van der Waals surface area contributed by atoms with Crippen molar-refractivity contribution in [3.05, 3.63) is 59.5 Å². The second kappa shape index (κ2) is 8.45. The van der Waals surface area contributed by atoms with Crippen molar-refractivity contribution in [1.82, 2.24) is 20.5 Å². The lowest BCUT2D eigenvalue weighted by molar-refractivity contribution is -0.131. The molecule has 4 amide bonds. The summed E-state index contributed by atoms with van der Waals surface area (Å²) in [5, 5.41) is 6.09. The number of benzene rings is 2. The maximum atomic E-state index is 13.5. The molecule has 1 atom stereocenters. The summed E-state index contributed by atoms with van der Waals surface area (Å²) in [5.74, 6) is 0.0365. The number of nitrogens with one attached hydrogen (secondary N) is 3. The van der Waals surface area contributed by atoms with E-state index in [4.69, 9.17) is 9.47 Å². The van der Waals surface area contributed by atoms with Crippen LogP contribution in [-0.2, 0) is 22.6 Å². The molecule has 1 saturated heterocycles. The number of carbonyl (C=O) groups excluding carboxylic acids is 3. The number of imide groups is 1. The molecule has 10 heteroatoms. The van der Waals surface area contributed by atoms with E-state index in [1.165, 1.54) is 12.1 Å². The first-order valence-corrected chi connectivity index (χ1v) is 10.5. The summed E-state index contributed by atoms with van der Waals surface area (Å²) < 4.78 is 24.1. The molecule has 3 N–H and O–H groups in total. The number of carbonyl (C=O) groups is 3. The van der Waals surface area contributed by atoms with Crippen LogP contribution in [0.25, 0.3) is 10.9 Å². The topological polar surface area (TPSA) is 113 Å². The number of aromatic amines is 1. The quantitative estimate of drug-likeness (QED) is 0.476. The van der Waals surface area contributed by atoms with Crippen molar-refractivity contribution in [2.45, 2.75) is 25.4 Å². The van der Waals surface area contributed by atoms with Crippen LogP contribution < -0.4 is 20.1 Å². The molecular formula is C23H21FN4O5. The minimum absolute atomic E-state index is 0.0660. The van der Waals surface area contributed by atoms with E-state index in [1.807, 2.05) is 0 Å². The van der Waals surface area contributed by atoms with Gasteiger partial charge in [0.25, 0.3) is 5.91 Å². The van der Waals surface area contributed by atoms with Crippen LogP contribution in [0.2, 0.25) is 0 Å². The van der Waals surface area contributed by atoms with Crippen molar-refractivity contribution in [3.63, 3.8) is 0 Å². The minimum atomic E-state index is -0.923. The molecule has 3 aromatic rings. The van der Waals surface area contributed by atoms with Gasteiger partial charge in [-0.3, -0.25) is 14.5 Å². The van der Waals surface area contributed by atoms with Crippen molar-refractivity contribution < 1.29 is 28.2 Å². The Labute approximate surface area is 187 Å². The lowest BCUT2D eigenvalue weighted by atomic mass is 10.1. The average molecular weight is 452 g/mol. The third-order valence-electron chi connectivity index (χ3n) is 5.72. The fourth-order valence-electron chi connectivity index (χ4n) is 4.04. The zero-order chi connectivity index (χ0) is 22.9. The molecule has 0 spiro atoms. The van der Waals surface area contributed by atoms with Crippen LogP contribution in [-0.4, -0.2) is 47.1 Å². The number of rotatable bonds is 7. The molecule has 1 unspecified atom stereocenters. The van der Waals surface area contributed by atoms with Gasteiger partial charge >= 0.3 is 6.03 Å². The monoisotopic (exact) mass is 452 g/mol. The number of urea groups is 1. The Balaban J connectivity index is 1.14. The summed E-state index contributed by atoms with van der Waals surface area (Å²) in [6.07, 6.45) is 2.12. The smallest absolute Gasteiger partial charge is 0.325 e. The molecule has 5 rings (SSSR count). The van der Waals surface area contributed by atoms with Crippen LogP contribution >= 0.6 is 0 Å². The number of H-pyrrole nitrogens is 1. The summed E-state index contributed by atoms with van der Waals surface area (Å²) in [7, 11) is 0. The van der Waals surface area contributed by atoms with E-state index >= 15 is 0 Å². The number of hydrogen-bond donors (Lipinski definition) is 3. The average Bonchev–Trinajstić information content (AvgIpc) is 3.48. The van der Waals surface area contributed by atoms with Crippen LogP contribution in [0, 0.1) is 5.82 Å². The summed E-state index contributed by atoms with van der Waals surface area (Å²) in [4.78, 5) is 41.5. The molecule has 0 bridgehead atoms. The van der Waals surface area contributed by atoms with Gasteiger partial charge in [-0.2, -0.15) is 0 Å². The van der Waals surface area contributed by atoms with Crippen LogP contribution in [0.5, 0.6) is 11.5 Å². The highest BCUT2D eigenvalue weighted by molar-refractivity contribution is 6.05. The molecule has 2 aromatic carbocycles. The molecule has 9 nitrogen and oxygen atoms in total. The summed E-state index contributed by atoms with van der Waals surface area (Å²) >= 11 is 0. The van der Waals surface area contributed by atoms with Crippen LogP contribution in [0.1, 0.15) is 17.5 Å². The largest absolute Gasteiger partial charge is 0.454 e. The Kier molecular flexibility index (Phi) is 5.33. The molecular weight excluding hydrogens is 431 g/mol. The fraction of sp³-hybridized carbons (Fsp3) is 0.261. The summed E-state index contributed by atoms with van der Waals surface area (Å²) in [6, 6.07) is 8.23. The van der Waals surface area contributed by atoms with Crippen molar-refractivity contribution in [2.75, 3.05) is 13.3 Å². The van der Waals surface area contributed by atoms with Crippen molar-refractivity contribution >= 4 is 28.7 Å². The number of nitrogens with zero attached hydrogens (tertiary/aromatic N) is 1. The normalized spacial score (nSPS) is 17.0. The van der Waals surface area contributed by atoms with Gasteiger partial charge in [0, 0.05) is 23.6 Å². The second-order valence-electron chi connectivity index (χ2n) is 7.92. The molecule has 1 fully saturated rings. The van der Waals surface area contributed by atoms with E-state index < -0.39 is 18.0 Å². The molecule has 0 saturated carbocycles. The lowest BCUT2D eigenvalue weighted by Gasteiger charge is -2.13. The van der Waals surface area contributed by atoms with Crippen molar-refractivity contribution in [3.8, 4) is 11.5 Å². The molecule has 2 aliphatic heterocycles. The number of halogens is 1. The highest BCUT2D eigenvalue weighted by Crippen LogP contribution is 2.33. The Morgan fingerprint density at radius 3 is 2.88 bits per heavy atom. The third-order valence-corrected chi connectivity index (χ3v) is 5.72. The van der Waals surface area contributed by atoms with Gasteiger partial charge in [0.1, 0.15) is 11.9 Å². The first-order chi connectivity index (χ1) is 16.0. The van der Waals surface area contributed by atoms with E-state index in [9.17, 15) is 18.8 Å². The van der Waals surface area contributed by atoms with E-state index in [1.54, 1.807) is 30.5 Å². The first kappa shape index (κ1) is 20.8. The predicted molar refractivity (Wildman–Crippen MR) is 115 cm³/mol. The van der Waals surface area contributed by atoms with E-state index in [-0.39, 0.29) is 31.5 Å². The maximum absolute atomic E-state index is 13.5. The van der Waals surface area contributed by atoms with E-state index in [0.717, 1.165) is 21.4 Å².